The average Bonchev–Trinajstić information content (AvgIpc) is 2.49. The minimum absolute atomic E-state index is 0.0512. The quantitative estimate of drug-likeness (QED) is 0.435. The minimum atomic E-state index is 0.0512. The van der Waals surface area contributed by atoms with E-state index in [1.807, 2.05) is 0 Å². The molecule has 2 nitrogen and oxygen atoms in total. The van der Waals surface area contributed by atoms with Crippen molar-refractivity contribution in [2.45, 2.75) is 78.6 Å². The molecule has 0 aliphatic heterocycles. The van der Waals surface area contributed by atoms with Crippen molar-refractivity contribution < 1.29 is 9.59 Å². The fourth-order valence-electron chi connectivity index (χ4n) is 2.82. The molecule has 1 aliphatic rings. The number of allylic oxidation sites excluding steroid dienone is 4. The number of ketones is 2. The van der Waals surface area contributed by atoms with Crippen LogP contribution < -0.4 is 0 Å². The maximum absolute atomic E-state index is 12.3. The maximum atomic E-state index is 12.3. The summed E-state index contributed by atoms with van der Waals surface area (Å²) in [6.07, 6.45) is 10.2. The van der Waals surface area contributed by atoms with E-state index in [9.17, 15) is 9.59 Å². The molecule has 0 aromatic rings. The predicted molar refractivity (Wildman–Crippen MR) is 88.0 cm³/mol. The van der Waals surface area contributed by atoms with Gasteiger partial charge in [0.25, 0.3) is 0 Å². The van der Waals surface area contributed by atoms with Gasteiger partial charge in [0.15, 0.2) is 11.6 Å². The first-order valence-corrected chi connectivity index (χ1v) is 8.26. The van der Waals surface area contributed by atoms with Gasteiger partial charge in [0.2, 0.25) is 0 Å². The molecule has 0 bridgehead atoms. The van der Waals surface area contributed by atoms with Crippen LogP contribution in [0.25, 0.3) is 0 Å². The number of Topliss-reactive ketones (excluding diaryl/α,β-unsaturated/α-hetero) is 2. The molecule has 1 aliphatic carbocycles. The highest BCUT2D eigenvalue weighted by atomic mass is 16.1. The van der Waals surface area contributed by atoms with Crippen LogP contribution in [-0.4, -0.2) is 11.6 Å². The standard InChI is InChI=1S/C19H29O2/c1-5-6-7-8-9-10-11-12-13-17-16(4)18(20)14(2)15(3)19(17)21/h1,5-13H2,2-4H3. The first-order chi connectivity index (χ1) is 10.0. The zero-order valence-corrected chi connectivity index (χ0v) is 13.9. The van der Waals surface area contributed by atoms with E-state index in [1.165, 1.54) is 32.1 Å². The van der Waals surface area contributed by atoms with Crippen molar-refractivity contribution in [1.29, 1.82) is 0 Å². The lowest BCUT2D eigenvalue weighted by molar-refractivity contribution is -0.116. The maximum Gasteiger partial charge on any atom is 0.185 e. The summed E-state index contributed by atoms with van der Waals surface area (Å²) in [6, 6.07) is 0. The molecule has 0 aromatic carbocycles. The first kappa shape index (κ1) is 17.9. The number of carbonyl (C=O) groups excluding carboxylic acids is 2. The summed E-state index contributed by atoms with van der Waals surface area (Å²) in [5, 5.41) is 0. The number of carbonyl (C=O) groups is 2. The van der Waals surface area contributed by atoms with Crippen molar-refractivity contribution in [3.63, 3.8) is 0 Å². The SMILES string of the molecule is [CH2]CCCCCCCCCC1=C(C)C(=O)C(C)=C(C)C1=O. The third-order valence-corrected chi connectivity index (χ3v) is 4.49. The Labute approximate surface area is 129 Å². The highest BCUT2D eigenvalue weighted by molar-refractivity contribution is 6.24. The third kappa shape index (κ3) is 4.94. The average molecular weight is 289 g/mol. The second-order valence-electron chi connectivity index (χ2n) is 6.09. The molecular weight excluding hydrogens is 260 g/mol. The number of rotatable bonds is 9. The molecule has 0 fully saturated rings. The fourth-order valence-corrected chi connectivity index (χ4v) is 2.82. The second-order valence-corrected chi connectivity index (χ2v) is 6.09. The lowest BCUT2D eigenvalue weighted by atomic mass is 9.84. The zero-order chi connectivity index (χ0) is 15.8. The topological polar surface area (TPSA) is 34.1 Å². The van der Waals surface area contributed by atoms with Gasteiger partial charge in [0.1, 0.15) is 0 Å². The molecule has 1 rings (SSSR count). The van der Waals surface area contributed by atoms with Crippen LogP contribution in [-0.2, 0) is 9.59 Å². The van der Waals surface area contributed by atoms with E-state index in [0.29, 0.717) is 16.7 Å². The molecule has 1 radical (unpaired) electrons. The van der Waals surface area contributed by atoms with Crippen molar-refractivity contribution in [2.24, 2.45) is 0 Å². The Morgan fingerprint density at radius 1 is 0.667 bits per heavy atom. The van der Waals surface area contributed by atoms with Crippen molar-refractivity contribution >= 4 is 11.6 Å². The Kier molecular flexibility index (Phi) is 7.63. The highest BCUT2D eigenvalue weighted by Gasteiger charge is 2.26. The van der Waals surface area contributed by atoms with Crippen LogP contribution in [0.3, 0.4) is 0 Å². The van der Waals surface area contributed by atoms with Gasteiger partial charge in [-0.2, -0.15) is 0 Å². The Morgan fingerprint density at radius 2 is 1.14 bits per heavy atom. The van der Waals surface area contributed by atoms with E-state index in [1.54, 1.807) is 20.8 Å². The summed E-state index contributed by atoms with van der Waals surface area (Å²) in [6.45, 7) is 9.16. The molecule has 0 saturated heterocycles. The minimum Gasteiger partial charge on any atom is -0.289 e. The molecule has 0 spiro atoms. The van der Waals surface area contributed by atoms with Gasteiger partial charge in [-0.05, 0) is 33.6 Å². The Hall–Kier alpha value is -1.18. The van der Waals surface area contributed by atoms with Crippen LogP contribution in [0.1, 0.15) is 78.6 Å². The summed E-state index contributed by atoms with van der Waals surface area (Å²) < 4.78 is 0. The number of unbranched alkanes of at least 4 members (excludes halogenated alkanes) is 7. The van der Waals surface area contributed by atoms with E-state index in [4.69, 9.17) is 0 Å². The monoisotopic (exact) mass is 289 g/mol. The van der Waals surface area contributed by atoms with Crippen LogP contribution in [0.4, 0.5) is 0 Å². The van der Waals surface area contributed by atoms with Gasteiger partial charge in [-0.25, -0.2) is 0 Å². The summed E-state index contributed by atoms with van der Waals surface area (Å²) in [5.41, 5.74) is 2.67. The number of hydrogen-bond donors (Lipinski definition) is 0. The molecule has 0 atom stereocenters. The summed E-state index contributed by atoms with van der Waals surface area (Å²) in [4.78, 5) is 24.3. The third-order valence-electron chi connectivity index (χ3n) is 4.49. The van der Waals surface area contributed by atoms with E-state index < -0.39 is 0 Å². The van der Waals surface area contributed by atoms with E-state index in [-0.39, 0.29) is 11.6 Å². The summed E-state index contributed by atoms with van der Waals surface area (Å²) >= 11 is 0. The molecule has 0 N–H and O–H groups in total. The van der Waals surface area contributed by atoms with E-state index in [2.05, 4.69) is 6.92 Å². The van der Waals surface area contributed by atoms with E-state index in [0.717, 1.165) is 31.3 Å². The lowest BCUT2D eigenvalue weighted by Crippen LogP contribution is -2.20. The van der Waals surface area contributed by atoms with E-state index >= 15 is 0 Å². The van der Waals surface area contributed by atoms with Gasteiger partial charge >= 0.3 is 0 Å². The molecule has 117 valence electrons. The second kappa shape index (κ2) is 8.96. The van der Waals surface area contributed by atoms with Gasteiger partial charge < -0.3 is 0 Å². The van der Waals surface area contributed by atoms with Gasteiger partial charge in [-0.15, -0.1) is 0 Å². The normalized spacial score (nSPS) is 16.2. The Morgan fingerprint density at radius 3 is 1.71 bits per heavy atom. The molecule has 0 aromatic heterocycles. The van der Waals surface area contributed by atoms with Crippen molar-refractivity contribution in [3.8, 4) is 0 Å². The Balaban J connectivity index is 2.35. The fraction of sp³-hybridized carbons (Fsp3) is 0.632. The first-order valence-electron chi connectivity index (χ1n) is 8.26. The Bertz CT molecular complexity index is 452. The van der Waals surface area contributed by atoms with Gasteiger partial charge in [0, 0.05) is 22.3 Å². The van der Waals surface area contributed by atoms with Crippen molar-refractivity contribution in [2.75, 3.05) is 0 Å². The number of hydrogen-bond acceptors (Lipinski definition) is 2. The smallest absolute Gasteiger partial charge is 0.185 e. The predicted octanol–water partition coefficient (Wildman–Crippen LogP) is 5.14. The van der Waals surface area contributed by atoms with Crippen LogP contribution in [0.5, 0.6) is 0 Å². The van der Waals surface area contributed by atoms with Crippen molar-refractivity contribution in [3.05, 3.63) is 29.2 Å². The molecular formula is C19H29O2. The summed E-state index contributed by atoms with van der Waals surface area (Å²) in [7, 11) is 0. The van der Waals surface area contributed by atoms with Gasteiger partial charge in [-0.3, -0.25) is 9.59 Å². The van der Waals surface area contributed by atoms with Crippen LogP contribution in [0, 0.1) is 6.92 Å². The molecule has 0 unspecified atom stereocenters. The summed E-state index contributed by atoms with van der Waals surface area (Å²) in [5.74, 6) is 0.135. The molecule has 0 saturated carbocycles. The van der Waals surface area contributed by atoms with Crippen LogP contribution in [0.15, 0.2) is 22.3 Å². The molecule has 2 heteroatoms. The van der Waals surface area contributed by atoms with Crippen molar-refractivity contribution in [1.82, 2.24) is 0 Å². The largest absolute Gasteiger partial charge is 0.289 e. The van der Waals surface area contributed by atoms with Gasteiger partial charge in [0.05, 0.1) is 0 Å². The van der Waals surface area contributed by atoms with Crippen LogP contribution in [0.2, 0.25) is 0 Å². The van der Waals surface area contributed by atoms with Gasteiger partial charge in [-0.1, -0.05) is 51.9 Å². The molecule has 21 heavy (non-hydrogen) atoms. The molecule has 0 amide bonds. The lowest BCUT2D eigenvalue weighted by Gasteiger charge is -2.18. The van der Waals surface area contributed by atoms with Crippen LogP contribution >= 0.6 is 0 Å². The zero-order valence-electron chi connectivity index (χ0n) is 13.9. The molecule has 0 heterocycles. The highest BCUT2D eigenvalue weighted by Crippen LogP contribution is 2.27.